The van der Waals surface area contributed by atoms with Gasteiger partial charge in [-0.05, 0) is 48.7 Å². The second-order valence-corrected chi connectivity index (χ2v) is 9.26. The number of hydrogen-bond donors (Lipinski definition) is 3. The van der Waals surface area contributed by atoms with Gasteiger partial charge in [-0.2, -0.15) is 0 Å². The number of phenolic OH excluding ortho intramolecular Hbond substituents is 1. The van der Waals surface area contributed by atoms with Crippen molar-refractivity contribution in [2.75, 3.05) is 44.4 Å². The molecule has 36 heavy (non-hydrogen) atoms. The number of fused-ring (bicyclic) bond motifs is 4. The van der Waals surface area contributed by atoms with Crippen LogP contribution >= 0.6 is 0 Å². The summed E-state index contributed by atoms with van der Waals surface area (Å²) >= 11 is 0. The normalized spacial score (nSPS) is 15.6. The summed E-state index contributed by atoms with van der Waals surface area (Å²) in [7, 11) is 0. The van der Waals surface area contributed by atoms with Crippen molar-refractivity contribution in [3.63, 3.8) is 0 Å². The molecule has 0 aliphatic carbocycles. The lowest BCUT2D eigenvalue weighted by Crippen LogP contribution is -2.40. The van der Waals surface area contributed by atoms with Crippen LogP contribution < -0.4 is 9.64 Å². The summed E-state index contributed by atoms with van der Waals surface area (Å²) in [5.74, 6) is 0.503. The van der Waals surface area contributed by atoms with Crippen LogP contribution in [0.1, 0.15) is 39.9 Å². The van der Waals surface area contributed by atoms with Gasteiger partial charge in [0.2, 0.25) is 0 Å². The van der Waals surface area contributed by atoms with Crippen molar-refractivity contribution in [2.45, 2.75) is 19.8 Å². The Hall–Kier alpha value is -3.98. The number of nitrogens with one attached hydrogen (secondary N) is 2. The van der Waals surface area contributed by atoms with Crippen LogP contribution in [0, 0.1) is 0 Å². The monoisotopic (exact) mass is 488 g/mol. The van der Waals surface area contributed by atoms with E-state index in [4.69, 9.17) is 9.47 Å². The molecule has 0 saturated carbocycles. The highest BCUT2D eigenvalue weighted by Gasteiger charge is 2.31. The van der Waals surface area contributed by atoms with E-state index in [0.29, 0.717) is 68.5 Å². The highest BCUT2D eigenvalue weighted by atomic mass is 16.5. The van der Waals surface area contributed by atoms with Crippen molar-refractivity contribution < 1.29 is 24.2 Å². The number of rotatable bonds is 5. The van der Waals surface area contributed by atoms with E-state index >= 15 is 0 Å². The van der Waals surface area contributed by atoms with Gasteiger partial charge in [-0.25, -0.2) is 0 Å². The van der Waals surface area contributed by atoms with E-state index < -0.39 is 0 Å². The number of amides is 2. The second-order valence-electron chi connectivity index (χ2n) is 9.26. The molecule has 2 aromatic carbocycles. The average molecular weight is 489 g/mol. The van der Waals surface area contributed by atoms with Crippen molar-refractivity contribution in [1.82, 2.24) is 14.9 Å². The summed E-state index contributed by atoms with van der Waals surface area (Å²) in [5, 5.41) is 12.5. The number of carbonyl (C=O) groups is 2. The Morgan fingerprint density at radius 1 is 1.03 bits per heavy atom. The Labute approximate surface area is 207 Å². The fourth-order valence-corrected chi connectivity index (χ4v) is 5.11. The minimum absolute atomic E-state index is 0.0128. The summed E-state index contributed by atoms with van der Waals surface area (Å²) in [4.78, 5) is 36.2. The number of aromatic hydroxyl groups is 1. The predicted octanol–water partition coefficient (Wildman–Crippen LogP) is 3.82. The molecule has 3 N–H and O–H groups in total. The number of ether oxygens (including phenoxy) is 2. The van der Waals surface area contributed by atoms with Gasteiger partial charge in [-0.1, -0.05) is 6.92 Å². The highest BCUT2D eigenvalue weighted by Crippen LogP contribution is 2.40. The summed E-state index contributed by atoms with van der Waals surface area (Å²) in [5.41, 5.74) is 3.89. The Balaban J connectivity index is 1.31. The third-order valence-electron chi connectivity index (χ3n) is 6.93. The van der Waals surface area contributed by atoms with Crippen LogP contribution in [0.4, 0.5) is 5.69 Å². The van der Waals surface area contributed by atoms with Gasteiger partial charge in [0.25, 0.3) is 11.8 Å². The lowest BCUT2D eigenvalue weighted by atomic mass is 10.1. The maximum atomic E-state index is 13.5. The van der Waals surface area contributed by atoms with E-state index in [9.17, 15) is 14.7 Å². The van der Waals surface area contributed by atoms with Gasteiger partial charge in [0.05, 0.1) is 31.0 Å². The molecule has 2 aliphatic heterocycles. The molecule has 4 heterocycles. The van der Waals surface area contributed by atoms with Crippen LogP contribution in [0.25, 0.3) is 21.8 Å². The Morgan fingerprint density at radius 3 is 2.64 bits per heavy atom. The fourth-order valence-electron chi connectivity index (χ4n) is 5.11. The lowest BCUT2D eigenvalue weighted by Gasteiger charge is -2.26. The predicted molar refractivity (Wildman–Crippen MR) is 136 cm³/mol. The van der Waals surface area contributed by atoms with Crippen LogP contribution in [0.2, 0.25) is 0 Å². The number of H-pyrrole nitrogens is 2. The Kier molecular flexibility index (Phi) is 5.56. The Morgan fingerprint density at radius 2 is 1.83 bits per heavy atom. The van der Waals surface area contributed by atoms with Crippen LogP contribution in [0.3, 0.4) is 0 Å². The van der Waals surface area contributed by atoms with Crippen LogP contribution in [0.15, 0.2) is 36.4 Å². The molecule has 0 atom stereocenters. The SMILES string of the molecule is CCCOc1ccc2[nH]c(C(=O)N3CCc4c3cc(O)c3[nH]c(C(=O)N5CCOCC5)cc43)cc2c1. The van der Waals surface area contributed by atoms with E-state index in [1.54, 1.807) is 21.9 Å². The first kappa shape index (κ1) is 22.5. The van der Waals surface area contributed by atoms with E-state index in [2.05, 4.69) is 16.9 Å². The van der Waals surface area contributed by atoms with Gasteiger partial charge in [-0.15, -0.1) is 0 Å². The molecule has 0 radical (unpaired) electrons. The first-order chi connectivity index (χ1) is 17.5. The summed E-state index contributed by atoms with van der Waals surface area (Å²) < 4.78 is 11.1. The van der Waals surface area contributed by atoms with E-state index in [-0.39, 0.29) is 17.6 Å². The molecule has 1 saturated heterocycles. The molecule has 9 heteroatoms. The molecule has 2 aliphatic rings. The smallest absolute Gasteiger partial charge is 0.274 e. The van der Waals surface area contributed by atoms with Gasteiger partial charge in [0.1, 0.15) is 22.9 Å². The molecule has 186 valence electrons. The average Bonchev–Trinajstić information content (AvgIpc) is 3.63. The molecule has 2 amide bonds. The number of anilines is 1. The summed E-state index contributed by atoms with van der Waals surface area (Å²) in [6, 6.07) is 11.0. The van der Waals surface area contributed by atoms with Crippen molar-refractivity contribution in [2.24, 2.45) is 0 Å². The third kappa shape index (κ3) is 3.76. The van der Waals surface area contributed by atoms with Crippen molar-refractivity contribution in [3.05, 3.63) is 53.3 Å². The zero-order chi connectivity index (χ0) is 24.8. The van der Waals surface area contributed by atoms with E-state index in [1.165, 1.54) is 0 Å². The number of phenols is 1. The molecular weight excluding hydrogens is 460 g/mol. The minimum atomic E-state index is -0.167. The number of hydrogen-bond acceptors (Lipinski definition) is 5. The first-order valence-electron chi connectivity index (χ1n) is 12.4. The van der Waals surface area contributed by atoms with Crippen molar-refractivity contribution >= 4 is 39.3 Å². The minimum Gasteiger partial charge on any atom is -0.506 e. The molecule has 6 rings (SSSR count). The molecule has 9 nitrogen and oxygen atoms in total. The lowest BCUT2D eigenvalue weighted by molar-refractivity contribution is 0.0299. The van der Waals surface area contributed by atoms with Crippen molar-refractivity contribution in [1.29, 1.82) is 0 Å². The van der Waals surface area contributed by atoms with Crippen molar-refractivity contribution in [3.8, 4) is 11.5 Å². The van der Waals surface area contributed by atoms with Crippen LogP contribution in [-0.4, -0.2) is 71.2 Å². The molecule has 2 aromatic heterocycles. The zero-order valence-corrected chi connectivity index (χ0v) is 20.1. The summed E-state index contributed by atoms with van der Waals surface area (Å²) in [6.45, 7) is 5.30. The summed E-state index contributed by atoms with van der Waals surface area (Å²) in [6.07, 6.45) is 1.56. The maximum Gasteiger partial charge on any atom is 0.274 e. The van der Waals surface area contributed by atoms with Crippen LogP contribution in [0.5, 0.6) is 11.5 Å². The number of morpholine rings is 1. The number of carbonyl (C=O) groups excluding carboxylic acids is 2. The molecule has 0 spiro atoms. The maximum absolute atomic E-state index is 13.5. The largest absolute Gasteiger partial charge is 0.506 e. The number of nitrogens with zero attached hydrogens (tertiary/aromatic N) is 2. The zero-order valence-electron chi connectivity index (χ0n) is 20.1. The first-order valence-corrected chi connectivity index (χ1v) is 12.4. The van der Waals surface area contributed by atoms with Gasteiger partial charge in [0.15, 0.2) is 0 Å². The molecular formula is C27H28N4O5. The quantitative estimate of drug-likeness (QED) is 0.396. The topological polar surface area (TPSA) is 111 Å². The Bertz CT molecular complexity index is 1480. The van der Waals surface area contributed by atoms with Crippen LogP contribution in [-0.2, 0) is 11.2 Å². The molecule has 0 unspecified atom stereocenters. The number of aromatic nitrogens is 2. The third-order valence-corrected chi connectivity index (χ3v) is 6.93. The van der Waals surface area contributed by atoms with Gasteiger partial charge < -0.3 is 34.3 Å². The van der Waals surface area contributed by atoms with Gasteiger partial charge in [0, 0.05) is 42.0 Å². The van der Waals surface area contributed by atoms with E-state index in [1.807, 2.05) is 24.3 Å². The molecule has 4 aromatic rings. The van der Waals surface area contributed by atoms with Gasteiger partial charge in [-0.3, -0.25) is 9.59 Å². The molecule has 0 bridgehead atoms. The number of aromatic amines is 2. The van der Waals surface area contributed by atoms with Gasteiger partial charge >= 0.3 is 0 Å². The number of benzene rings is 2. The fraction of sp³-hybridized carbons (Fsp3) is 0.333. The molecule has 1 fully saturated rings. The highest BCUT2D eigenvalue weighted by molar-refractivity contribution is 6.11. The van der Waals surface area contributed by atoms with E-state index in [0.717, 1.165) is 34.0 Å². The second kappa shape index (κ2) is 8.91. The standard InChI is InChI=1S/C27H28N4O5/c1-2-9-36-17-3-4-20-16(12-17)13-21(28-20)27(34)31-6-5-18-19-14-22(26(33)30-7-10-35-11-8-30)29-25(19)24(32)15-23(18)31/h3-4,12-15,28-29,32H,2,5-11H2,1H3.